The molecule has 0 saturated carbocycles. The number of aromatic nitrogens is 1. The van der Waals surface area contributed by atoms with Crippen molar-refractivity contribution in [3.63, 3.8) is 0 Å². The maximum atomic E-state index is 5.91. The molecule has 1 rings (SSSR count). The zero-order chi connectivity index (χ0) is 15.3. The smallest absolute Gasteiger partial charge is 0.213 e. The summed E-state index contributed by atoms with van der Waals surface area (Å²) >= 11 is 0. The lowest BCUT2D eigenvalue weighted by molar-refractivity contribution is 0.195. The maximum absolute atomic E-state index is 5.91. The normalized spacial score (nSPS) is 15.2. The molecular formula is C17H30N2O. The third kappa shape index (κ3) is 5.91. The van der Waals surface area contributed by atoms with Crippen molar-refractivity contribution in [2.45, 2.75) is 66.0 Å². The zero-order valence-electron chi connectivity index (χ0n) is 14.0. The van der Waals surface area contributed by atoms with Gasteiger partial charge in [0, 0.05) is 24.3 Å². The third-order valence-electron chi connectivity index (χ3n) is 3.53. The molecule has 0 bridgehead atoms. The quantitative estimate of drug-likeness (QED) is 0.854. The van der Waals surface area contributed by atoms with Crippen molar-refractivity contribution >= 4 is 0 Å². The fraction of sp³-hybridized carbons (Fsp3) is 0.706. The lowest BCUT2D eigenvalue weighted by Gasteiger charge is -2.24. The van der Waals surface area contributed by atoms with E-state index < -0.39 is 0 Å². The fourth-order valence-electron chi connectivity index (χ4n) is 1.86. The minimum Gasteiger partial charge on any atom is -0.473 e. The molecule has 0 amide bonds. The number of hydrogen-bond acceptors (Lipinski definition) is 3. The van der Waals surface area contributed by atoms with Crippen LogP contribution in [0.5, 0.6) is 5.88 Å². The summed E-state index contributed by atoms with van der Waals surface area (Å²) < 4.78 is 5.91. The molecule has 3 heteroatoms. The Kier molecular flexibility index (Phi) is 6.00. The first kappa shape index (κ1) is 17.0. The highest BCUT2D eigenvalue weighted by atomic mass is 16.5. The van der Waals surface area contributed by atoms with E-state index in [4.69, 9.17) is 4.74 Å². The van der Waals surface area contributed by atoms with Crippen molar-refractivity contribution in [1.82, 2.24) is 10.3 Å². The molecule has 0 aromatic carbocycles. The monoisotopic (exact) mass is 278 g/mol. The van der Waals surface area contributed by atoms with E-state index in [1.807, 2.05) is 6.20 Å². The Morgan fingerprint density at radius 2 is 1.85 bits per heavy atom. The molecular weight excluding hydrogens is 248 g/mol. The molecule has 0 unspecified atom stereocenters. The van der Waals surface area contributed by atoms with Gasteiger partial charge in [0.15, 0.2) is 0 Å². The maximum Gasteiger partial charge on any atom is 0.213 e. The van der Waals surface area contributed by atoms with Crippen LogP contribution in [0.1, 0.15) is 59.9 Å². The molecule has 0 aliphatic heterocycles. The first-order valence-corrected chi connectivity index (χ1v) is 7.56. The van der Waals surface area contributed by atoms with Gasteiger partial charge in [-0.05, 0) is 51.2 Å². The van der Waals surface area contributed by atoms with Crippen LogP contribution in [0.3, 0.4) is 0 Å². The summed E-state index contributed by atoms with van der Waals surface area (Å²) in [6.45, 7) is 16.1. The van der Waals surface area contributed by atoms with Gasteiger partial charge in [0.05, 0.1) is 0 Å². The third-order valence-corrected chi connectivity index (χ3v) is 3.53. The van der Waals surface area contributed by atoms with Crippen LogP contribution < -0.4 is 10.1 Å². The van der Waals surface area contributed by atoms with Gasteiger partial charge in [-0.3, -0.25) is 0 Å². The summed E-state index contributed by atoms with van der Waals surface area (Å²) in [4.78, 5) is 4.32. The summed E-state index contributed by atoms with van der Waals surface area (Å²) in [5.74, 6) is 1.85. The highest BCUT2D eigenvalue weighted by Gasteiger charge is 2.14. The van der Waals surface area contributed by atoms with E-state index in [9.17, 15) is 0 Å². The fourth-order valence-corrected chi connectivity index (χ4v) is 1.86. The van der Waals surface area contributed by atoms with Crippen LogP contribution in [0.2, 0.25) is 0 Å². The van der Waals surface area contributed by atoms with Crippen molar-refractivity contribution in [2.24, 2.45) is 5.92 Å². The Bertz CT molecular complexity index is 410. The van der Waals surface area contributed by atoms with Crippen molar-refractivity contribution in [2.75, 3.05) is 6.54 Å². The van der Waals surface area contributed by atoms with Gasteiger partial charge in [-0.25, -0.2) is 4.98 Å². The molecule has 1 N–H and O–H groups in total. The van der Waals surface area contributed by atoms with E-state index in [1.165, 1.54) is 5.56 Å². The molecule has 3 nitrogen and oxygen atoms in total. The van der Waals surface area contributed by atoms with E-state index in [0.29, 0.717) is 11.8 Å². The van der Waals surface area contributed by atoms with Crippen LogP contribution in [0.15, 0.2) is 18.3 Å². The molecule has 0 aliphatic carbocycles. The summed E-state index contributed by atoms with van der Waals surface area (Å²) in [5.41, 5.74) is 1.40. The summed E-state index contributed by atoms with van der Waals surface area (Å²) in [7, 11) is 0. The number of nitrogens with one attached hydrogen (secondary N) is 1. The van der Waals surface area contributed by atoms with Crippen LogP contribution in [0.25, 0.3) is 0 Å². The molecule has 1 aromatic rings. The Balaban J connectivity index is 2.62. The largest absolute Gasteiger partial charge is 0.473 e. The molecule has 0 aliphatic rings. The molecule has 0 fully saturated rings. The Hall–Kier alpha value is -1.09. The van der Waals surface area contributed by atoms with E-state index in [-0.39, 0.29) is 11.6 Å². The van der Waals surface area contributed by atoms with E-state index in [0.717, 1.165) is 12.4 Å². The Morgan fingerprint density at radius 1 is 1.20 bits per heavy atom. The average Bonchev–Trinajstić information content (AvgIpc) is 2.35. The van der Waals surface area contributed by atoms with Gasteiger partial charge >= 0.3 is 0 Å². The van der Waals surface area contributed by atoms with Gasteiger partial charge in [0.2, 0.25) is 5.88 Å². The lowest BCUT2D eigenvalue weighted by atomic mass is 9.91. The highest BCUT2D eigenvalue weighted by Crippen LogP contribution is 2.25. The minimum absolute atomic E-state index is 0.103. The standard InChI is InChI=1S/C17H30N2O/c1-12(2)14(4)15-8-9-18-16(10-15)20-13(3)11-19-17(5,6)7/h8-10,12-14,19H,11H2,1-7H3/t13-,14+/m1/s1. The number of rotatable bonds is 6. The molecule has 2 atom stereocenters. The average molecular weight is 278 g/mol. The van der Waals surface area contributed by atoms with Crippen molar-refractivity contribution < 1.29 is 4.74 Å². The van der Waals surface area contributed by atoms with Gasteiger partial charge in [-0.2, -0.15) is 0 Å². The molecule has 1 heterocycles. The number of hydrogen-bond donors (Lipinski definition) is 1. The van der Waals surface area contributed by atoms with Crippen LogP contribution in [-0.4, -0.2) is 23.2 Å². The van der Waals surface area contributed by atoms with Gasteiger partial charge in [0.1, 0.15) is 6.10 Å². The van der Waals surface area contributed by atoms with Crippen molar-refractivity contribution in [3.8, 4) is 5.88 Å². The first-order chi connectivity index (χ1) is 9.19. The van der Waals surface area contributed by atoms with E-state index in [2.05, 4.69) is 70.9 Å². The highest BCUT2D eigenvalue weighted by molar-refractivity contribution is 5.24. The number of pyridine rings is 1. The van der Waals surface area contributed by atoms with Crippen LogP contribution in [0, 0.1) is 5.92 Å². The molecule has 114 valence electrons. The van der Waals surface area contributed by atoms with Gasteiger partial charge in [-0.1, -0.05) is 20.8 Å². The second-order valence-corrected chi connectivity index (χ2v) is 7.02. The Morgan fingerprint density at radius 3 is 2.40 bits per heavy atom. The number of nitrogens with zero attached hydrogens (tertiary/aromatic N) is 1. The first-order valence-electron chi connectivity index (χ1n) is 7.56. The predicted molar refractivity (Wildman–Crippen MR) is 85.3 cm³/mol. The van der Waals surface area contributed by atoms with Crippen LogP contribution >= 0.6 is 0 Å². The van der Waals surface area contributed by atoms with Crippen LogP contribution in [-0.2, 0) is 0 Å². The van der Waals surface area contributed by atoms with Crippen molar-refractivity contribution in [1.29, 1.82) is 0 Å². The molecule has 20 heavy (non-hydrogen) atoms. The molecule has 0 spiro atoms. The van der Waals surface area contributed by atoms with Gasteiger partial charge < -0.3 is 10.1 Å². The molecule has 1 aromatic heterocycles. The lowest BCUT2D eigenvalue weighted by Crippen LogP contribution is -2.41. The second kappa shape index (κ2) is 7.07. The molecule has 0 saturated heterocycles. The van der Waals surface area contributed by atoms with E-state index >= 15 is 0 Å². The summed E-state index contributed by atoms with van der Waals surface area (Å²) in [6, 6.07) is 4.15. The van der Waals surface area contributed by atoms with Crippen molar-refractivity contribution in [3.05, 3.63) is 23.9 Å². The Labute approximate surface area is 124 Å². The number of ether oxygens (including phenoxy) is 1. The summed E-state index contributed by atoms with van der Waals surface area (Å²) in [6.07, 6.45) is 1.94. The minimum atomic E-state index is 0.103. The second-order valence-electron chi connectivity index (χ2n) is 7.02. The van der Waals surface area contributed by atoms with Crippen LogP contribution in [0.4, 0.5) is 0 Å². The van der Waals surface area contributed by atoms with Gasteiger partial charge in [-0.15, -0.1) is 0 Å². The zero-order valence-corrected chi connectivity index (χ0v) is 14.0. The predicted octanol–water partition coefficient (Wildman–Crippen LogP) is 4.00. The molecule has 0 radical (unpaired) electrons. The topological polar surface area (TPSA) is 34.1 Å². The summed E-state index contributed by atoms with van der Waals surface area (Å²) in [5, 5.41) is 3.44. The van der Waals surface area contributed by atoms with Gasteiger partial charge in [0.25, 0.3) is 0 Å². The SMILES string of the molecule is CC(C)[C@H](C)c1ccnc(O[C@H](C)CNC(C)(C)C)c1. The van der Waals surface area contributed by atoms with E-state index in [1.54, 1.807) is 0 Å².